The van der Waals surface area contributed by atoms with Crippen LogP contribution < -0.4 is 0 Å². The van der Waals surface area contributed by atoms with Gasteiger partial charge in [-0.15, -0.1) is 0 Å². The van der Waals surface area contributed by atoms with Gasteiger partial charge in [-0.1, -0.05) is 91.8 Å². The Morgan fingerprint density at radius 2 is 0.853 bits per heavy atom. The van der Waals surface area contributed by atoms with Crippen LogP contribution in [0.4, 0.5) is 11.4 Å². The second kappa shape index (κ2) is 15.4. The van der Waals surface area contributed by atoms with Gasteiger partial charge < -0.3 is 0 Å². The third-order valence-electron chi connectivity index (χ3n) is 5.80. The van der Waals surface area contributed by atoms with Crippen molar-refractivity contribution in [2.24, 2.45) is 9.98 Å². The Labute approximate surface area is 228 Å². The predicted molar refractivity (Wildman–Crippen MR) is 157 cm³/mol. The molecule has 2 rings (SSSR count). The summed E-state index contributed by atoms with van der Waals surface area (Å²) in [6.45, 7) is 22.2. The fraction of sp³-hybridized carbons (Fsp3) is 0.517. The van der Waals surface area contributed by atoms with E-state index >= 15 is 0 Å². The molecule has 0 aliphatic carbocycles. The van der Waals surface area contributed by atoms with Crippen molar-refractivity contribution >= 4 is 51.2 Å². The Balaban J connectivity index is 0.00000182. The molecule has 0 radical (unpaired) electrons. The van der Waals surface area contributed by atoms with E-state index in [0.29, 0.717) is 23.7 Å². The first-order valence-electron chi connectivity index (χ1n) is 12.1. The van der Waals surface area contributed by atoms with Crippen molar-refractivity contribution in [3.63, 3.8) is 0 Å². The number of hydrogen-bond acceptors (Lipinski definition) is 2. The molecule has 0 unspecified atom stereocenters. The minimum atomic E-state index is 0.450. The van der Waals surface area contributed by atoms with Gasteiger partial charge in [0.05, 0.1) is 11.4 Å². The van der Waals surface area contributed by atoms with Crippen molar-refractivity contribution in [2.45, 2.75) is 99.3 Å². The first-order valence-corrected chi connectivity index (χ1v) is 17.0. The molecule has 0 aromatic heterocycles. The van der Waals surface area contributed by atoms with E-state index in [4.69, 9.17) is 9.98 Å². The molecule has 0 heterocycles. The van der Waals surface area contributed by atoms with Gasteiger partial charge in [0.15, 0.2) is 0 Å². The van der Waals surface area contributed by atoms with E-state index in [9.17, 15) is 0 Å². The van der Waals surface area contributed by atoms with Gasteiger partial charge in [0.25, 0.3) is 0 Å². The molecule has 0 bridgehead atoms. The molecule has 2 aromatic rings. The summed E-state index contributed by atoms with van der Waals surface area (Å²) in [5, 5.41) is 0. The Bertz CT molecular complexity index is 846. The molecule has 0 N–H and O–H groups in total. The van der Waals surface area contributed by atoms with Gasteiger partial charge >= 0.3 is 39.3 Å². The zero-order valence-electron chi connectivity index (χ0n) is 22.4. The predicted octanol–water partition coefficient (Wildman–Crippen LogP) is 11.1. The number of halogens is 2. The van der Waals surface area contributed by atoms with E-state index in [1.54, 1.807) is 0 Å². The van der Waals surface area contributed by atoms with Gasteiger partial charge in [0.2, 0.25) is 0 Å². The van der Waals surface area contributed by atoms with Crippen LogP contribution in [0.2, 0.25) is 0 Å². The second-order valence-electron chi connectivity index (χ2n) is 10.1. The van der Waals surface area contributed by atoms with E-state index < -0.39 is 0 Å². The topological polar surface area (TPSA) is 24.7 Å². The molecule has 0 spiro atoms. The summed E-state index contributed by atoms with van der Waals surface area (Å²) in [4.78, 5) is 10.3. The van der Waals surface area contributed by atoms with E-state index in [2.05, 4.69) is 134 Å². The third-order valence-corrected chi connectivity index (χ3v) is 5.80. The van der Waals surface area contributed by atoms with Gasteiger partial charge in [0.1, 0.15) is 0 Å². The molecular weight excluding hydrogens is 595 g/mol. The molecule has 0 fully saturated rings. The van der Waals surface area contributed by atoms with Gasteiger partial charge in [-0.3, -0.25) is 9.98 Å². The van der Waals surface area contributed by atoms with Gasteiger partial charge in [-0.2, -0.15) is 0 Å². The van der Waals surface area contributed by atoms with Crippen molar-refractivity contribution in [3.05, 3.63) is 58.7 Å². The molecule has 0 aliphatic heterocycles. The van der Waals surface area contributed by atoms with E-state index in [1.165, 1.54) is 33.2 Å². The second-order valence-corrected chi connectivity index (χ2v) is 15.1. The van der Waals surface area contributed by atoms with Crippen molar-refractivity contribution in [1.82, 2.24) is 0 Å². The van der Waals surface area contributed by atoms with Gasteiger partial charge in [-0.25, -0.2) is 0 Å². The third kappa shape index (κ3) is 9.36. The van der Waals surface area contributed by atoms with E-state index in [1.807, 2.05) is 0 Å². The maximum absolute atomic E-state index is 5.13. The molecular formula is C29H42Br2N2Ni. The molecule has 192 valence electrons. The SMILES string of the molecule is CC(CC(C)=Nc1c(C(C)C)cccc1C(C)C)=Nc1c(C(C)C)cccc1C(C)C.[Br][Ni][Br]. The summed E-state index contributed by atoms with van der Waals surface area (Å²) in [6.07, 6.45) is 0.786. The fourth-order valence-corrected chi connectivity index (χ4v) is 4.11. The number of hydrogen-bond donors (Lipinski definition) is 0. The fourth-order valence-electron chi connectivity index (χ4n) is 4.11. The summed E-state index contributed by atoms with van der Waals surface area (Å²) < 4.78 is 0. The van der Waals surface area contributed by atoms with Crippen LogP contribution in [0.15, 0.2) is 46.4 Å². The first-order chi connectivity index (χ1) is 15.9. The number of aliphatic imine (C=N–C) groups is 2. The number of para-hydroxylation sites is 2. The first kappa shape index (κ1) is 31.3. The molecule has 0 saturated heterocycles. The zero-order valence-corrected chi connectivity index (χ0v) is 26.6. The minimum absolute atomic E-state index is 0.450. The van der Waals surface area contributed by atoms with Gasteiger partial charge in [0, 0.05) is 17.8 Å². The monoisotopic (exact) mass is 634 g/mol. The Hall–Kier alpha value is -0.766. The molecule has 34 heavy (non-hydrogen) atoms. The summed E-state index contributed by atoms with van der Waals surface area (Å²) in [5.74, 6) is 1.80. The van der Waals surface area contributed by atoms with Crippen molar-refractivity contribution < 1.29 is 10.9 Å². The van der Waals surface area contributed by atoms with Crippen LogP contribution in [0.3, 0.4) is 0 Å². The quantitative estimate of drug-likeness (QED) is 0.203. The average Bonchev–Trinajstić information content (AvgIpc) is 2.73. The molecule has 0 amide bonds. The van der Waals surface area contributed by atoms with Crippen LogP contribution >= 0.6 is 28.5 Å². The Morgan fingerprint density at radius 3 is 1.06 bits per heavy atom. The zero-order chi connectivity index (χ0) is 26.0. The van der Waals surface area contributed by atoms with Crippen LogP contribution in [0.5, 0.6) is 0 Å². The van der Waals surface area contributed by atoms with E-state index in [0.717, 1.165) is 29.2 Å². The summed E-state index contributed by atoms with van der Waals surface area (Å²) in [6, 6.07) is 13.2. The molecule has 0 saturated carbocycles. The molecule has 5 heteroatoms. The average molecular weight is 637 g/mol. The van der Waals surface area contributed by atoms with Crippen molar-refractivity contribution in [3.8, 4) is 0 Å². The van der Waals surface area contributed by atoms with Crippen LogP contribution in [0, 0.1) is 0 Å². The summed E-state index contributed by atoms with van der Waals surface area (Å²) in [7, 11) is 1.25. The summed E-state index contributed by atoms with van der Waals surface area (Å²) in [5.41, 5.74) is 9.85. The number of nitrogens with zero attached hydrogens (tertiary/aromatic N) is 2. The van der Waals surface area contributed by atoms with Crippen LogP contribution in [0.25, 0.3) is 0 Å². The van der Waals surface area contributed by atoms with Crippen LogP contribution in [0.1, 0.15) is 122 Å². The van der Waals surface area contributed by atoms with Crippen LogP contribution in [-0.2, 0) is 10.9 Å². The van der Waals surface area contributed by atoms with Crippen molar-refractivity contribution in [1.29, 1.82) is 0 Å². The Morgan fingerprint density at radius 1 is 0.618 bits per heavy atom. The van der Waals surface area contributed by atoms with E-state index in [-0.39, 0.29) is 0 Å². The van der Waals surface area contributed by atoms with Gasteiger partial charge in [-0.05, 0) is 59.8 Å². The molecule has 0 aliphatic rings. The Kier molecular flexibility index (Phi) is 14.1. The summed E-state index contributed by atoms with van der Waals surface area (Å²) >= 11 is 6.00. The molecule has 0 atom stereocenters. The van der Waals surface area contributed by atoms with Crippen molar-refractivity contribution in [2.75, 3.05) is 0 Å². The number of benzene rings is 2. The normalized spacial score (nSPS) is 12.7. The number of rotatable bonds is 8. The molecule has 2 aromatic carbocycles. The van der Waals surface area contributed by atoms with Crippen LogP contribution in [-0.4, -0.2) is 11.4 Å². The maximum atomic E-state index is 5.13. The standard InChI is InChI=1S/C29H42N2.2BrH.Ni/c1-18(2)24-13-11-14-25(19(3)4)28(24)30-22(9)17-23(10)31-29-26(20(5)6)15-12-16-27(29)21(7)8;;;/h11-16,18-21H,17H2,1-10H3;2*1H;/q;;;+2/p-2. The molecule has 2 nitrogen and oxygen atoms in total.